The van der Waals surface area contributed by atoms with Crippen molar-refractivity contribution in [3.8, 4) is 0 Å². The molecule has 0 atom stereocenters. The third-order valence-corrected chi connectivity index (χ3v) is 2.39. The van der Waals surface area contributed by atoms with E-state index in [9.17, 15) is 8.42 Å². The van der Waals surface area contributed by atoms with E-state index in [1.165, 1.54) is 6.07 Å². The maximum absolute atomic E-state index is 10.6. The summed E-state index contributed by atoms with van der Waals surface area (Å²) < 4.78 is 29.9. The van der Waals surface area contributed by atoms with Crippen LogP contribution < -0.4 is 0 Å². The van der Waals surface area contributed by atoms with Crippen molar-refractivity contribution in [1.82, 2.24) is 0 Å². The number of benzene rings is 1. The van der Waals surface area contributed by atoms with E-state index in [2.05, 4.69) is 0 Å². The summed E-state index contributed by atoms with van der Waals surface area (Å²) in [5, 5.41) is 0. The second kappa shape index (κ2) is 4.30. The normalized spacial score (nSPS) is 10.5. The van der Waals surface area contributed by atoms with Crippen molar-refractivity contribution in [1.29, 1.82) is 0 Å². The zero-order valence-electron chi connectivity index (χ0n) is 5.98. The van der Waals surface area contributed by atoms with Gasteiger partial charge in [0, 0.05) is 0 Å². The summed E-state index contributed by atoms with van der Waals surface area (Å²) in [5.41, 5.74) is 0.551. The fraction of sp³-hybridized carbons (Fsp3) is 0.143. The van der Waals surface area contributed by atoms with Gasteiger partial charge in [-0.2, -0.15) is 8.42 Å². The molecule has 0 heterocycles. The molecule has 1 rings (SSSR count). The topological polar surface area (TPSA) is 54.4 Å². The first-order chi connectivity index (χ1) is 5.02. The Balaban J connectivity index is 0.00000121. The summed E-state index contributed by atoms with van der Waals surface area (Å²) in [4.78, 5) is -0.0278. The van der Waals surface area contributed by atoms with E-state index in [0.717, 1.165) is 0 Å². The van der Waals surface area contributed by atoms with Crippen LogP contribution in [0.5, 0.6) is 0 Å². The Kier molecular flexibility index (Phi) is 4.30. The molecule has 0 fully saturated rings. The first kappa shape index (κ1) is 12.0. The molecular formula is C7H11InO3S. The third kappa shape index (κ3) is 2.80. The van der Waals surface area contributed by atoms with E-state index in [4.69, 9.17) is 4.55 Å². The van der Waals surface area contributed by atoms with Gasteiger partial charge < -0.3 is 0 Å². The molecule has 0 radical (unpaired) electrons. The number of hydrogen-bond donors (Lipinski definition) is 1. The number of rotatable bonds is 1. The van der Waals surface area contributed by atoms with Crippen LogP contribution in [0.25, 0.3) is 0 Å². The fourth-order valence-electron chi connectivity index (χ4n) is 0.846. The summed E-state index contributed by atoms with van der Waals surface area (Å²) in [6.45, 7) is 1.63. The van der Waals surface area contributed by atoms with Crippen molar-refractivity contribution in [3.63, 3.8) is 0 Å². The van der Waals surface area contributed by atoms with E-state index < -0.39 is 10.1 Å². The van der Waals surface area contributed by atoms with Crippen LogP contribution >= 0.6 is 0 Å². The Morgan fingerprint density at radius 3 is 2.08 bits per heavy atom. The molecule has 0 unspecified atom stereocenters. The molecule has 5 heteroatoms. The SMILES string of the molecule is Cc1ccccc1S(=O)(=O)O.[InH3]. The van der Waals surface area contributed by atoms with Crippen LogP contribution in [0.15, 0.2) is 29.2 Å². The van der Waals surface area contributed by atoms with Crippen LogP contribution in [0.4, 0.5) is 0 Å². The Labute approximate surface area is 90.3 Å². The predicted octanol–water partition coefficient (Wildman–Crippen LogP) is 0.0578. The van der Waals surface area contributed by atoms with Crippen LogP contribution in [0.1, 0.15) is 5.56 Å². The quantitative estimate of drug-likeness (QED) is 0.744. The van der Waals surface area contributed by atoms with Gasteiger partial charge in [-0.25, -0.2) is 0 Å². The number of hydrogen-bond acceptors (Lipinski definition) is 2. The van der Waals surface area contributed by atoms with Crippen molar-refractivity contribution in [2.75, 3.05) is 0 Å². The molecule has 1 aromatic rings. The Morgan fingerprint density at radius 2 is 1.75 bits per heavy atom. The van der Waals surface area contributed by atoms with Gasteiger partial charge in [0.15, 0.2) is 0 Å². The van der Waals surface area contributed by atoms with Crippen molar-refractivity contribution >= 4 is 36.0 Å². The van der Waals surface area contributed by atoms with Gasteiger partial charge in [0.1, 0.15) is 0 Å². The van der Waals surface area contributed by atoms with Gasteiger partial charge in [-0.3, -0.25) is 4.55 Å². The van der Waals surface area contributed by atoms with Crippen molar-refractivity contribution in [2.45, 2.75) is 11.8 Å². The van der Waals surface area contributed by atoms with E-state index in [-0.39, 0.29) is 30.7 Å². The molecule has 0 aliphatic heterocycles. The van der Waals surface area contributed by atoms with E-state index in [0.29, 0.717) is 5.56 Å². The van der Waals surface area contributed by atoms with Crippen LogP contribution in [0.3, 0.4) is 0 Å². The minimum absolute atomic E-state index is 0. The molecule has 0 saturated heterocycles. The van der Waals surface area contributed by atoms with Crippen molar-refractivity contribution in [3.05, 3.63) is 29.8 Å². The van der Waals surface area contributed by atoms with Crippen LogP contribution in [-0.4, -0.2) is 38.8 Å². The molecular weight excluding hydrogens is 279 g/mol. The zero-order valence-corrected chi connectivity index (χ0v) is 6.80. The van der Waals surface area contributed by atoms with E-state index in [1.807, 2.05) is 0 Å². The molecule has 0 aromatic heterocycles. The summed E-state index contributed by atoms with van der Waals surface area (Å²) >= 11 is 0. The minimum atomic E-state index is -4.03. The first-order valence-electron chi connectivity index (χ1n) is 3.05. The second-order valence-corrected chi connectivity index (χ2v) is 3.63. The van der Waals surface area contributed by atoms with Gasteiger partial charge in [0.2, 0.25) is 0 Å². The van der Waals surface area contributed by atoms with Gasteiger partial charge >= 0.3 is 25.8 Å². The summed E-state index contributed by atoms with van der Waals surface area (Å²) in [5.74, 6) is 0. The molecule has 66 valence electrons. The second-order valence-electron chi connectivity index (χ2n) is 2.24. The molecule has 0 amide bonds. The third-order valence-electron chi connectivity index (χ3n) is 1.37. The van der Waals surface area contributed by atoms with Gasteiger partial charge in [-0.1, -0.05) is 18.2 Å². The Morgan fingerprint density at radius 1 is 1.25 bits per heavy atom. The van der Waals surface area contributed by atoms with Crippen LogP contribution in [-0.2, 0) is 10.1 Å². The fourth-order valence-corrected chi connectivity index (χ4v) is 1.57. The average molecular weight is 290 g/mol. The monoisotopic (exact) mass is 290 g/mol. The Hall–Kier alpha value is 0.000130. The van der Waals surface area contributed by atoms with E-state index >= 15 is 0 Å². The molecule has 12 heavy (non-hydrogen) atoms. The molecule has 0 spiro atoms. The zero-order chi connectivity index (χ0) is 8.48. The Bertz CT molecular complexity index is 359. The molecule has 1 aromatic carbocycles. The van der Waals surface area contributed by atoms with Gasteiger partial charge in [-0.05, 0) is 18.6 Å². The molecule has 3 nitrogen and oxygen atoms in total. The molecule has 0 aliphatic carbocycles. The summed E-state index contributed by atoms with van der Waals surface area (Å²) in [7, 11) is -4.03. The van der Waals surface area contributed by atoms with Gasteiger partial charge in [-0.15, -0.1) is 0 Å². The molecule has 1 N–H and O–H groups in total. The summed E-state index contributed by atoms with van der Waals surface area (Å²) in [6.07, 6.45) is 0. The van der Waals surface area contributed by atoms with Crippen molar-refractivity contribution in [2.24, 2.45) is 0 Å². The molecule has 0 saturated carbocycles. The van der Waals surface area contributed by atoms with Crippen molar-refractivity contribution < 1.29 is 13.0 Å². The van der Waals surface area contributed by atoms with Gasteiger partial charge in [0.25, 0.3) is 10.1 Å². The maximum atomic E-state index is 10.6. The van der Waals surface area contributed by atoms with Gasteiger partial charge in [0.05, 0.1) is 4.90 Å². The van der Waals surface area contributed by atoms with Crippen LogP contribution in [0.2, 0.25) is 0 Å². The molecule has 0 bridgehead atoms. The standard InChI is InChI=1S/C7H8O3S.In.3H/c1-6-4-2-3-5-7(6)11(8,9)10;;;;/h2-5H,1H3,(H,8,9,10);;;;. The van der Waals surface area contributed by atoms with E-state index in [1.54, 1.807) is 25.1 Å². The molecule has 0 aliphatic rings. The summed E-state index contributed by atoms with van der Waals surface area (Å²) in [6, 6.07) is 6.27. The number of aryl methyl sites for hydroxylation is 1. The van der Waals surface area contributed by atoms with Crippen LogP contribution in [0, 0.1) is 6.92 Å². The first-order valence-corrected chi connectivity index (χ1v) is 4.49. The average Bonchev–Trinajstić information content (AvgIpc) is 1.86. The predicted molar refractivity (Wildman–Crippen MR) is 50.9 cm³/mol.